The third-order valence-corrected chi connectivity index (χ3v) is 5.17. The Hall–Kier alpha value is -2.11. The second-order valence-corrected chi connectivity index (χ2v) is 6.95. The average molecular weight is 340 g/mol. The summed E-state index contributed by atoms with van der Waals surface area (Å²) in [6.45, 7) is 0.629. The zero-order valence-electron chi connectivity index (χ0n) is 12.4. The molecule has 0 aliphatic heterocycles. The van der Waals surface area contributed by atoms with Gasteiger partial charge in [0, 0.05) is 22.5 Å². The summed E-state index contributed by atoms with van der Waals surface area (Å²) in [6.07, 6.45) is 2.57. The van der Waals surface area contributed by atoms with Crippen molar-refractivity contribution >= 4 is 29.0 Å². The van der Waals surface area contributed by atoms with Crippen LogP contribution in [0.4, 0.5) is 0 Å². The minimum atomic E-state index is -0.0758. The molecule has 0 aliphatic carbocycles. The van der Waals surface area contributed by atoms with E-state index in [0.29, 0.717) is 12.1 Å². The molecular weight excluding hydrogens is 324 g/mol. The highest BCUT2D eigenvalue weighted by Gasteiger charge is 2.13. The first kappa shape index (κ1) is 15.8. The number of carbonyl (C=O) groups excluding carboxylic acids is 1. The van der Waals surface area contributed by atoms with Gasteiger partial charge in [0.25, 0.3) is 5.91 Å². The maximum absolute atomic E-state index is 12.4. The molecule has 1 amide bonds. The zero-order valence-corrected chi connectivity index (χ0v) is 14.1. The molecule has 23 heavy (non-hydrogen) atoms. The van der Waals surface area contributed by atoms with E-state index in [0.717, 1.165) is 16.3 Å². The lowest BCUT2D eigenvalue weighted by Gasteiger charge is -2.08. The predicted molar refractivity (Wildman–Crippen MR) is 95.2 cm³/mol. The van der Waals surface area contributed by atoms with Crippen molar-refractivity contribution in [1.29, 1.82) is 0 Å². The molecule has 2 aromatic heterocycles. The van der Waals surface area contributed by atoms with Crippen molar-refractivity contribution in [2.24, 2.45) is 0 Å². The van der Waals surface area contributed by atoms with Crippen molar-refractivity contribution in [1.82, 2.24) is 10.3 Å². The van der Waals surface area contributed by atoms with Gasteiger partial charge in [-0.05, 0) is 42.1 Å². The monoisotopic (exact) mass is 340 g/mol. The first-order valence-electron chi connectivity index (χ1n) is 7.31. The molecule has 0 fully saturated rings. The quantitative estimate of drug-likeness (QED) is 0.729. The van der Waals surface area contributed by atoms with Crippen molar-refractivity contribution in [2.75, 3.05) is 6.54 Å². The Kier molecular flexibility index (Phi) is 5.45. The van der Waals surface area contributed by atoms with Crippen LogP contribution in [-0.2, 0) is 6.42 Å². The largest absolute Gasteiger partial charge is 0.352 e. The van der Waals surface area contributed by atoms with Crippen LogP contribution in [0.25, 0.3) is 0 Å². The molecule has 3 aromatic rings. The van der Waals surface area contributed by atoms with Gasteiger partial charge in [0.05, 0.1) is 5.56 Å². The molecule has 5 heteroatoms. The van der Waals surface area contributed by atoms with Crippen LogP contribution >= 0.6 is 23.1 Å². The number of benzene rings is 1. The SMILES string of the molecule is O=C(NCCc1cccs1)c1cccnc1Sc1ccccc1. The number of rotatable bonds is 6. The summed E-state index contributed by atoms with van der Waals surface area (Å²) in [6, 6.07) is 17.7. The second kappa shape index (κ2) is 7.94. The summed E-state index contributed by atoms with van der Waals surface area (Å²) in [4.78, 5) is 19.1. The lowest BCUT2D eigenvalue weighted by Crippen LogP contribution is -2.26. The molecule has 0 spiro atoms. The lowest BCUT2D eigenvalue weighted by atomic mass is 10.2. The summed E-state index contributed by atoms with van der Waals surface area (Å²) < 4.78 is 0. The summed E-state index contributed by atoms with van der Waals surface area (Å²) in [5.74, 6) is -0.0758. The van der Waals surface area contributed by atoms with Crippen LogP contribution in [0.1, 0.15) is 15.2 Å². The van der Waals surface area contributed by atoms with Crippen LogP contribution in [0.2, 0.25) is 0 Å². The van der Waals surface area contributed by atoms with Gasteiger partial charge in [-0.25, -0.2) is 4.98 Å². The molecule has 0 aliphatic rings. The fourth-order valence-electron chi connectivity index (χ4n) is 2.09. The summed E-state index contributed by atoms with van der Waals surface area (Å²) in [7, 11) is 0. The van der Waals surface area contributed by atoms with Crippen LogP contribution in [0, 0.1) is 0 Å². The molecule has 0 saturated heterocycles. The summed E-state index contributed by atoms with van der Waals surface area (Å²) >= 11 is 3.21. The van der Waals surface area contributed by atoms with Gasteiger partial charge >= 0.3 is 0 Å². The number of amides is 1. The van der Waals surface area contributed by atoms with E-state index in [2.05, 4.69) is 16.4 Å². The number of pyridine rings is 1. The highest BCUT2D eigenvalue weighted by molar-refractivity contribution is 7.99. The van der Waals surface area contributed by atoms with Gasteiger partial charge in [-0.2, -0.15) is 0 Å². The van der Waals surface area contributed by atoms with Gasteiger partial charge in [-0.15, -0.1) is 11.3 Å². The van der Waals surface area contributed by atoms with E-state index in [-0.39, 0.29) is 5.91 Å². The Morgan fingerprint density at radius 1 is 1.09 bits per heavy atom. The van der Waals surface area contributed by atoms with Crippen LogP contribution < -0.4 is 5.32 Å². The number of hydrogen-bond donors (Lipinski definition) is 1. The first-order chi connectivity index (χ1) is 11.3. The standard InChI is InChI=1S/C18H16N2OS2/c21-17(19-12-10-14-8-5-13-22-14)16-9-4-11-20-18(16)23-15-6-2-1-3-7-15/h1-9,11,13H,10,12H2,(H,19,21). The van der Waals surface area contributed by atoms with Gasteiger partial charge in [0.2, 0.25) is 0 Å². The molecule has 3 nitrogen and oxygen atoms in total. The lowest BCUT2D eigenvalue weighted by molar-refractivity contribution is 0.0950. The van der Waals surface area contributed by atoms with Crippen LogP contribution in [0.5, 0.6) is 0 Å². The third kappa shape index (κ3) is 4.43. The van der Waals surface area contributed by atoms with E-state index in [1.807, 2.05) is 47.8 Å². The van der Waals surface area contributed by atoms with Gasteiger partial charge in [0.1, 0.15) is 5.03 Å². The number of thiophene rings is 1. The van der Waals surface area contributed by atoms with Gasteiger partial charge < -0.3 is 5.32 Å². The Bertz CT molecular complexity index is 758. The maximum atomic E-state index is 12.4. The van der Waals surface area contributed by atoms with E-state index < -0.39 is 0 Å². The van der Waals surface area contributed by atoms with Crippen molar-refractivity contribution in [3.63, 3.8) is 0 Å². The molecular formula is C18H16N2OS2. The minimum Gasteiger partial charge on any atom is -0.352 e. The molecule has 0 saturated carbocycles. The molecule has 2 heterocycles. The summed E-state index contributed by atoms with van der Waals surface area (Å²) in [5, 5.41) is 5.76. The molecule has 0 atom stereocenters. The highest BCUT2D eigenvalue weighted by atomic mass is 32.2. The van der Waals surface area contributed by atoms with E-state index in [9.17, 15) is 4.79 Å². The maximum Gasteiger partial charge on any atom is 0.254 e. The zero-order chi connectivity index (χ0) is 15.9. The molecule has 116 valence electrons. The highest BCUT2D eigenvalue weighted by Crippen LogP contribution is 2.28. The van der Waals surface area contributed by atoms with Crippen LogP contribution in [-0.4, -0.2) is 17.4 Å². The number of aromatic nitrogens is 1. The molecule has 0 radical (unpaired) electrons. The fourth-order valence-corrected chi connectivity index (χ4v) is 3.70. The molecule has 0 unspecified atom stereocenters. The summed E-state index contributed by atoms with van der Waals surface area (Å²) in [5.41, 5.74) is 0.618. The van der Waals surface area contributed by atoms with Gasteiger partial charge in [0.15, 0.2) is 0 Å². The number of nitrogens with zero attached hydrogens (tertiary/aromatic N) is 1. The molecule has 1 aromatic carbocycles. The Balaban J connectivity index is 1.65. The van der Waals surface area contributed by atoms with E-state index >= 15 is 0 Å². The molecule has 1 N–H and O–H groups in total. The molecule has 0 bridgehead atoms. The Morgan fingerprint density at radius 3 is 2.74 bits per heavy atom. The minimum absolute atomic E-state index is 0.0758. The van der Waals surface area contributed by atoms with Crippen molar-refractivity contribution in [2.45, 2.75) is 16.3 Å². The smallest absolute Gasteiger partial charge is 0.254 e. The van der Waals surface area contributed by atoms with E-state index in [4.69, 9.17) is 0 Å². The Labute approximate surface area is 143 Å². The number of carbonyl (C=O) groups is 1. The van der Waals surface area contributed by atoms with Crippen molar-refractivity contribution in [3.05, 3.63) is 76.6 Å². The first-order valence-corrected chi connectivity index (χ1v) is 9.01. The van der Waals surface area contributed by atoms with E-state index in [1.165, 1.54) is 16.6 Å². The fraction of sp³-hybridized carbons (Fsp3) is 0.111. The second-order valence-electron chi connectivity index (χ2n) is 4.86. The van der Waals surface area contributed by atoms with Crippen molar-refractivity contribution < 1.29 is 4.79 Å². The number of hydrogen-bond acceptors (Lipinski definition) is 4. The normalized spacial score (nSPS) is 10.4. The molecule has 3 rings (SSSR count). The average Bonchev–Trinajstić information content (AvgIpc) is 3.09. The van der Waals surface area contributed by atoms with Gasteiger partial charge in [-0.1, -0.05) is 36.0 Å². The van der Waals surface area contributed by atoms with Crippen LogP contribution in [0.3, 0.4) is 0 Å². The third-order valence-electron chi connectivity index (χ3n) is 3.21. The van der Waals surface area contributed by atoms with Crippen LogP contribution in [0.15, 0.2) is 76.1 Å². The predicted octanol–water partition coefficient (Wildman–Crippen LogP) is 4.27. The van der Waals surface area contributed by atoms with Gasteiger partial charge in [-0.3, -0.25) is 4.79 Å². The van der Waals surface area contributed by atoms with Crippen molar-refractivity contribution in [3.8, 4) is 0 Å². The van der Waals surface area contributed by atoms with E-state index in [1.54, 1.807) is 23.6 Å². The Morgan fingerprint density at radius 2 is 1.96 bits per heavy atom. The number of nitrogens with one attached hydrogen (secondary N) is 1. The topological polar surface area (TPSA) is 42.0 Å².